The lowest BCUT2D eigenvalue weighted by atomic mass is 9.88. The van der Waals surface area contributed by atoms with Gasteiger partial charge in [0.2, 0.25) is 0 Å². The van der Waals surface area contributed by atoms with Gasteiger partial charge < -0.3 is 4.90 Å². The Balaban J connectivity index is 1.61. The van der Waals surface area contributed by atoms with Gasteiger partial charge in [0.25, 0.3) is 5.95 Å². The number of hydrogen-bond donors (Lipinski definition) is 1. The predicted octanol–water partition coefficient (Wildman–Crippen LogP) is 1.49. The highest BCUT2D eigenvalue weighted by Crippen LogP contribution is 2.36. The summed E-state index contributed by atoms with van der Waals surface area (Å²) >= 11 is 0. The molecule has 1 saturated heterocycles. The summed E-state index contributed by atoms with van der Waals surface area (Å²) in [5.41, 5.74) is 0. The van der Waals surface area contributed by atoms with Crippen LogP contribution in [0.15, 0.2) is 0 Å². The minimum atomic E-state index is -0.0624. The number of likely N-dealkylation sites (tertiary alicyclic amines) is 1. The first-order valence-corrected chi connectivity index (χ1v) is 7.13. The summed E-state index contributed by atoms with van der Waals surface area (Å²) in [6, 6.07) is 0.362. The zero-order valence-electron chi connectivity index (χ0n) is 11.2. The standard InChI is InChI=1S/C12H20N6O/c1-2-18-11(14-15-16-18)13-12(19)17-8-7-10(17)9-5-3-4-6-9/h9-10H,2-8H2,1H3,(H,13,14,16,19). The average Bonchev–Trinajstić information content (AvgIpc) is 2.98. The van der Waals surface area contributed by atoms with E-state index in [-0.39, 0.29) is 6.03 Å². The second-order valence-corrected chi connectivity index (χ2v) is 5.34. The number of tetrazole rings is 1. The molecule has 1 unspecified atom stereocenters. The molecule has 1 aromatic rings. The van der Waals surface area contributed by atoms with Crippen LogP contribution in [-0.4, -0.2) is 43.7 Å². The zero-order chi connectivity index (χ0) is 13.2. The third-order valence-corrected chi connectivity index (χ3v) is 4.32. The monoisotopic (exact) mass is 264 g/mol. The van der Waals surface area contributed by atoms with Crippen LogP contribution in [-0.2, 0) is 6.54 Å². The van der Waals surface area contributed by atoms with Crippen molar-refractivity contribution in [2.75, 3.05) is 11.9 Å². The van der Waals surface area contributed by atoms with Crippen LogP contribution in [0.1, 0.15) is 39.0 Å². The number of carbonyl (C=O) groups is 1. The third-order valence-electron chi connectivity index (χ3n) is 4.32. The van der Waals surface area contributed by atoms with Crippen LogP contribution in [0.3, 0.4) is 0 Å². The van der Waals surface area contributed by atoms with Crippen molar-refractivity contribution in [1.82, 2.24) is 25.1 Å². The summed E-state index contributed by atoms with van der Waals surface area (Å²) in [5, 5.41) is 14.0. The summed E-state index contributed by atoms with van der Waals surface area (Å²) in [4.78, 5) is 14.2. The summed E-state index contributed by atoms with van der Waals surface area (Å²) in [7, 11) is 0. The van der Waals surface area contributed by atoms with E-state index in [0.29, 0.717) is 24.5 Å². The number of hydrogen-bond acceptors (Lipinski definition) is 4. The fourth-order valence-electron chi connectivity index (χ4n) is 3.17. The number of aryl methyl sites for hydroxylation is 1. The lowest BCUT2D eigenvalue weighted by molar-refractivity contribution is 0.0852. The maximum atomic E-state index is 12.2. The number of carbonyl (C=O) groups excluding carboxylic acids is 1. The van der Waals surface area contributed by atoms with Gasteiger partial charge in [-0.1, -0.05) is 17.9 Å². The first kappa shape index (κ1) is 12.4. The molecule has 19 heavy (non-hydrogen) atoms. The number of amides is 2. The van der Waals surface area contributed by atoms with Gasteiger partial charge >= 0.3 is 6.03 Å². The molecular weight excluding hydrogens is 244 g/mol. The second kappa shape index (κ2) is 5.14. The quantitative estimate of drug-likeness (QED) is 0.897. The van der Waals surface area contributed by atoms with Gasteiger partial charge in [0, 0.05) is 19.1 Å². The molecule has 0 radical (unpaired) electrons. The molecule has 1 atom stereocenters. The lowest BCUT2D eigenvalue weighted by Crippen LogP contribution is -2.55. The molecule has 2 fully saturated rings. The molecule has 7 nitrogen and oxygen atoms in total. The maximum absolute atomic E-state index is 12.2. The fourth-order valence-corrected chi connectivity index (χ4v) is 3.17. The van der Waals surface area contributed by atoms with Gasteiger partial charge in [0.1, 0.15) is 0 Å². The Morgan fingerprint density at radius 1 is 1.37 bits per heavy atom. The molecule has 1 N–H and O–H groups in total. The molecule has 2 aliphatic rings. The van der Waals surface area contributed by atoms with E-state index in [1.165, 1.54) is 25.7 Å². The van der Waals surface area contributed by atoms with E-state index in [0.717, 1.165) is 13.0 Å². The highest BCUT2D eigenvalue weighted by Gasteiger charge is 2.39. The Hall–Kier alpha value is -1.66. The smallest absolute Gasteiger partial charge is 0.321 e. The number of urea groups is 1. The van der Waals surface area contributed by atoms with Crippen molar-refractivity contribution in [2.24, 2.45) is 5.92 Å². The van der Waals surface area contributed by atoms with Crippen molar-refractivity contribution >= 4 is 12.0 Å². The Bertz CT molecular complexity index is 453. The van der Waals surface area contributed by atoms with E-state index >= 15 is 0 Å². The molecule has 0 spiro atoms. The van der Waals surface area contributed by atoms with Crippen molar-refractivity contribution in [3.63, 3.8) is 0 Å². The first-order chi connectivity index (χ1) is 9.29. The molecule has 1 aromatic heterocycles. The molecule has 7 heteroatoms. The average molecular weight is 264 g/mol. The van der Waals surface area contributed by atoms with Crippen LogP contribution in [0.4, 0.5) is 10.7 Å². The Labute approximate surface area is 112 Å². The molecule has 2 amide bonds. The molecule has 1 saturated carbocycles. The third kappa shape index (κ3) is 2.29. The van der Waals surface area contributed by atoms with Crippen LogP contribution >= 0.6 is 0 Å². The lowest BCUT2D eigenvalue weighted by Gasteiger charge is -2.44. The topological polar surface area (TPSA) is 75.9 Å². The van der Waals surface area contributed by atoms with Crippen molar-refractivity contribution in [3.8, 4) is 0 Å². The maximum Gasteiger partial charge on any atom is 0.324 e. The normalized spacial score (nSPS) is 23.4. The van der Waals surface area contributed by atoms with E-state index in [9.17, 15) is 4.79 Å². The fraction of sp³-hybridized carbons (Fsp3) is 0.833. The van der Waals surface area contributed by atoms with Gasteiger partial charge in [-0.3, -0.25) is 5.32 Å². The van der Waals surface area contributed by atoms with Crippen molar-refractivity contribution in [2.45, 2.75) is 51.6 Å². The number of nitrogens with one attached hydrogen (secondary N) is 1. The van der Waals surface area contributed by atoms with E-state index in [1.807, 2.05) is 11.8 Å². The second-order valence-electron chi connectivity index (χ2n) is 5.34. The highest BCUT2D eigenvalue weighted by atomic mass is 16.2. The molecule has 3 rings (SSSR count). The molecule has 1 aliphatic carbocycles. The van der Waals surface area contributed by atoms with Crippen molar-refractivity contribution in [1.29, 1.82) is 0 Å². The Morgan fingerprint density at radius 3 is 2.79 bits per heavy atom. The van der Waals surface area contributed by atoms with Gasteiger partial charge in [-0.25, -0.2) is 9.48 Å². The molecule has 2 heterocycles. The number of anilines is 1. The highest BCUT2D eigenvalue weighted by molar-refractivity contribution is 5.88. The van der Waals surface area contributed by atoms with Gasteiger partial charge in [0.05, 0.1) is 0 Å². The van der Waals surface area contributed by atoms with Gasteiger partial charge in [0.15, 0.2) is 0 Å². The van der Waals surface area contributed by atoms with Crippen molar-refractivity contribution in [3.05, 3.63) is 0 Å². The summed E-state index contributed by atoms with van der Waals surface area (Å²) in [6.45, 7) is 3.44. The van der Waals surface area contributed by atoms with Crippen LogP contribution in [0.25, 0.3) is 0 Å². The molecular formula is C12H20N6O. The Morgan fingerprint density at radius 2 is 2.16 bits per heavy atom. The predicted molar refractivity (Wildman–Crippen MR) is 69.6 cm³/mol. The van der Waals surface area contributed by atoms with Crippen LogP contribution in [0.5, 0.6) is 0 Å². The number of nitrogens with zero attached hydrogens (tertiary/aromatic N) is 5. The van der Waals surface area contributed by atoms with E-state index in [1.54, 1.807) is 4.68 Å². The summed E-state index contributed by atoms with van der Waals surface area (Å²) in [6.07, 6.45) is 6.29. The SMILES string of the molecule is CCn1nnnc1NC(=O)N1CCC1C1CCCC1. The van der Waals surface area contributed by atoms with Crippen molar-refractivity contribution < 1.29 is 4.79 Å². The van der Waals surface area contributed by atoms with Crippen LogP contribution in [0.2, 0.25) is 0 Å². The van der Waals surface area contributed by atoms with Gasteiger partial charge in [-0.2, -0.15) is 0 Å². The van der Waals surface area contributed by atoms with E-state index < -0.39 is 0 Å². The first-order valence-electron chi connectivity index (χ1n) is 7.13. The van der Waals surface area contributed by atoms with E-state index in [2.05, 4.69) is 20.8 Å². The minimum Gasteiger partial charge on any atom is -0.321 e. The summed E-state index contributed by atoms with van der Waals surface area (Å²) in [5.74, 6) is 1.13. The molecule has 0 aromatic carbocycles. The van der Waals surface area contributed by atoms with Crippen LogP contribution < -0.4 is 5.32 Å². The van der Waals surface area contributed by atoms with Gasteiger partial charge in [-0.15, -0.1) is 0 Å². The largest absolute Gasteiger partial charge is 0.324 e. The van der Waals surface area contributed by atoms with Crippen LogP contribution in [0, 0.1) is 5.92 Å². The molecule has 1 aliphatic heterocycles. The Kier molecular flexibility index (Phi) is 3.35. The number of aromatic nitrogens is 4. The van der Waals surface area contributed by atoms with Gasteiger partial charge in [-0.05, 0) is 42.5 Å². The van der Waals surface area contributed by atoms with E-state index in [4.69, 9.17) is 0 Å². The molecule has 104 valence electrons. The zero-order valence-corrected chi connectivity index (χ0v) is 11.2. The molecule has 0 bridgehead atoms. The number of rotatable bonds is 3. The minimum absolute atomic E-state index is 0.0624. The summed E-state index contributed by atoms with van der Waals surface area (Å²) < 4.78 is 1.59.